The first-order valence-corrected chi connectivity index (χ1v) is 5.64. The predicted octanol–water partition coefficient (Wildman–Crippen LogP) is 1.07. The molecule has 1 aliphatic carbocycles. The lowest BCUT2D eigenvalue weighted by Gasteiger charge is -2.38. The third-order valence-corrected chi connectivity index (χ3v) is 3.57. The van der Waals surface area contributed by atoms with Crippen molar-refractivity contribution in [2.75, 3.05) is 0 Å². The van der Waals surface area contributed by atoms with Gasteiger partial charge in [-0.1, -0.05) is 0 Å². The van der Waals surface area contributed by atoms with Crippen LogP contribution in [0.4, 0.5) is 0 Å². The molecule has 92 valence electrons. The summed E-state index contributed by atoms with van der Waals surface area (Å²) < 4.78 is 1.75. The van der Waals surface area contributed by atoms with Crippen molar-refractivity contribution in [2.45, 2.75) is 31.7 Å². The van der Waals surface area contributed by atoms with E-state index in [1.54, 1.807) is 17.7 Å². The van der Waals surface area contributed by atoms with Gasteiger partial charge in [0.05, 0.1) is 0 Å². The maximum absolute atomic E-state index is 12.0. The zero-order valence-corrected chi connectivity index (χ0v) is 9.99. The van der Waals surface area contributed by atoms with Crippen LogP contribution in [0.5, 0.6) is 0 Å². The van der Waals surface area contributed by atoms with Crippen molar-refractivity contribution in [3.05, 3.63) is 23.5 Å². The number of aliphatic carboxylic acids is 1. The summed E-state index contributed by atoms with van der Waals surface area (Å²) in [5.74, 6) is -1.26. The Balaban J connectivity index is 2.17. The van der Waals surface area contributed by atoms with Crippen LogP contribution in [0.1, 0.15) is 35.4 Å². The van der Waals surface area contributed by atoms with Gasteiger partial charge in [0.15, 0.2) is 0 Å². The molecular weight excluding hydrogens is 220 g/mol. The maximum atomic E-state index is 12.0. The number of carbonyl (C=O) groups is 2. The second kappa shape index (κ2) is 3.91. The average Bonchev–Trinajstić information content (AvgIpc) is 2.53. The number of aryl methyl sites for hydroxylation is 1. The minimum absolute atomic E-state index is 0.317. The van der Waals surface area contributed by atoms with Gasteiger partial charge in [-0.15, -0.1) is 0 Å². The third-order valence-electron chi connectivity index (χ3n) is 3.57. The number of carboxylic acid groups (broad SMARTS) is 1. The first kappa shape index (κ1) is 11.7. The number of rotatable bonds is 3. The number of carbonyl (C=O) groups excluding carboxylic acids is 1. The quantitative estimate of drug-likeness (QED) is 0.824. The van der Waals surface area contributed by atoms with Gasteiger partial charge in [-0.05, 0) is 38.3 Å². The zero-order chi connectivity index (χ0) is 12.6. The topological polar surface area (TPSA) is 71.3 Å². The van der Waals surface area contributed by atoms with E-state index >= 15 is 0 Å². The van der Waals surface area contributed by atoms with Crippen LogP contribution in [0, 0.1) is 6.92 Å². The third kappa shape index (κ3) is 1.81. The van der Waals surface area contributed by atoms with Crippen LogP contribution in [0.3, 0.4) is 0 Å². The molecule has 1 aromatic heterocycles. The van der Waals surface area contributed by atoms with Gasteiger partial charge in [0.2, 0.25) is 0 Å². The Bertz CT molecular complexity index is 472. The van der Waals surface area contributed by atoms with Crippen molar-refractivity contribution >= 4 is 11.9 Å². The Kier molecular flexibility index (Phi) is 2.69. The van der Waals surface area contributed by atoms with Gasteiger partial charge in [-0.25, -0.2) is 4.79 Å². The van der Waals surface area contributed by atoms with Crippen molar-refractivity contribution in [3.8, 4) is 0 Å². The Hall–Kier alpha value is -1.78. The molecule has 0 spiro atoms. The Morgan fingerprint density at radius 2 is 2.06 bits per heavy atom. The number of carboxylic acids is 1. The summed E-state index contributed by atoms with van der Waals surface area (Å²) in [6.07, 6.45) is 1.87. The summed E-state index contributed by atoms with van der Waals surface area (Å²) in [5.41, 5.74) is 0.415. The Labute approximate surface area is 99.4 Å². The molecule has 17 heavy (non-hydrogen) atoms. The monoisotopic (exact) mass is 236 g/mol. The van der Waals surface area contributed by atoms with Gasteiger partial charge in [0, 0.05) is 12.7 Å². The highest BCUT2D eigenvalue weighted by Gasteiger charge is 2.46. The maximum Gasteiger partial charge on any atom is 0.329 e. The molecule has 1 aromatic rings. The first-order valence-electron chi connectivity index (χ1n) is 5.64. The van der Waals surface area contributed by atoms with Crippen molar-refractivity contribution < 1.29 is 14.7 Å². The van der Waals surface area contributed by atoms with Crippen molar-refractivity contribution in [2.24, 2.45) is 7.05 Å². The Morgan fingerprint density at radius 1 is 1.41 bits per heavy atom. The number of amides is 1. The van der Waals surface area contributed by atoms with Gasteiger partial charge in [-0.3, -0.25) is 4.79 Å². The fraction of sp³-hybridized carbons (Fsp3) is 0.500. The van der Waals surface area contributed by atoms with E-state index in [2.05, 4.69) is 5.32 Å². The molecule has 1 amide bonds. The molecule has 0 atom stereocenters. The molecule has 2 N–H and O–H groups in total. The molecule has 1 fully saturated rings. The molecule has 5 heteroatoms. The highest BCUT2D eigenvalue weighted by molar-refractivity contribution is 5.97. The standard InChI is InChI=1S/C12H16N2O3/c1-8-4-5-9(14(8)2)10(15)13-12(11(16)17)6-3-7-12/h4-5H,3,6-7H2,1-2H3,(H,13,15)(H,16,17). The van der Waals surface area contributed by atoms with Gasteiger partial charge in [0.25, 0.3) is 5.91 Å². The summed E-state index contributed by atoms with van der Waals surface area (Å²) in [4.78, 5) is 23.1. The summed E-state index contributed by atoms with van der Waals surface area (Å²) >= 11 is 0. The molecule has 0 aliphatic heterocycles. The smallest absolute Gasteiger partial charge is 0.329 e. The molecule has 2 rings (SSSR count). The van der Waals surface area contributed by atoms with E-state index in [1.165, 1.54) is 0 Å². The second-order valence-electron chi connectivity index (χ2n) is 4.61. The van der Waals surface area contributed by atoms with Gasteiger partial charge in [-0.2, -0.15) is 0 Å². The number of hydrogen-bond acceptors (Lipinski definition) is 2. The summed E-state index contributed by atoms with van der Waals surface area (Å²) in [6, 6.07) is 3.54. The number of nitrogens with one attached hydrogen (secondary N) is 1. The zero-order valence-electron chi connectivity index (χ0n) is 9.99. The van der Waals surface area contributed by atoms with Gasteiger partial charge in [0.1, 0.15) is 11.2 Å². The average molecular weight is 236 g/mol. The normalized spacial score (nSPS) is 17.3. The van der Waals surface area contributed by atoms with E-state index in [-0.39, 0.29) is 5.91 Å². The predicted molar refractivity (Wildman–Crippen MR) is 61.8 cm³/mol. The van der Waals surface area contributed by atoms with Gasteiger partial charge < -0.3 is 15.0 Å². The minimum atomic E-state index is -1.05. The van der Waals surface area contributed by atoms with E-state index in [0.717, 1.165) is 12.1 Å². The van der Waals surface area contributed by atoms with Crippen molar-refractivity contribution in [3.63, 3.8) is 0 Å². The van der Waals surface area contributed by atoms with Crippen LogP contribution in [0.25, 0.3) is 0 Å². The molecule has 5 nitrogen and oxygen atoms in total. The Morgan fingerprint density at radius 3 is 2.41 bits per heavy atom. The van der Waals surface area contributed by atoms with Crippen LogP contribution in [0.2, 0.25) is 0 Å². The highest BCUT2D eigenvalue weighted by atomic mass is 16.4. The molecule has 1 aliphatic rings. The van der Waals surface area contributed by atoms with Crippen LogP contribution in [-0.4, -0.2) is 27.1 Å². The molecular formula is C12H16N2O3. The fourth-order valence-corrected chi connectivity index (χ4v) is 2.05. The van der Waals surface area contributed by atoms with Crippen LogP contribution >= 0.6 is 0 Å². The fourth-order valence-electron chi connectivity index (χ4n) is 2.05. The highest BCUT2D eigenvalue weighted by Crippen LogP contribution is 2.32. The largest absolute Gasteiger partial charge is 0.480 e. The SMILES string of the molecule is Cc1ccc(C(=O)NC2(C(=O)O)CCC2)n1C. The van der Waals surface area contributed by atoms with E-state index in [9.17, 15) is 9.59 Å². The number of hydrogen-bond donors (Lipinski definition) is 2. The van der Waals surface area contributed by atoms with E-state index in [1.807, 2.05) is 13.0 Å². The molecule has 1 saturated carbocycles. The number of nitrogens with zero attached hydrogens (tertiary/aromatic N) is 1. The first-order chi connectivity index (χ1) is 7.96. The van der Waals surface area contributed by atoms with Crippen molar-refractivity contribution in [1.29, 1.82) is 0 Å². The van der Waals surface area contributed by atoms with Crippen LogP contribution in [-0.2, 0) is 11.8 Å². The lowest BCUT2D eigenvalue weighted by Crippen LogP contribution is -2.59. The summed E-state index contributed by atoms with van der Waals surface area (Å²) in [7, 11) is 1.79. The lowest BCUT2D eigenvalue weighted by molar-refractivity contribution is -0.148. The number of aromatic nitrogens is 1. The van der Waals surface area contributed by atoms with Gasteiger partial charge >= 0.3 is 5.97 Å². The van der Waals surface area contributed by atoms with Crippen LogP contribution in [0.15, 0.2) is 12.1 Å². The van der Waals surface area contributed by atoms with Crippen LogP contribution < -0.4 is 5.32 Å². The lowest BCUT2D eigenvalue weighted by atomic mass is 9.76. The molecule has 0 radical (unpaired) electrons. The van der Waals surface area contributed by atoms with E-state index < -0.39 is 11.5 Å². The summed E-state index contributed by atoms with van der Waals surface area (Å²) in [6.45, 7) is 1.90. The van der Waals surface area contributed by atoms with E-state index in [4.69, 9.17) is 5.11 Å². The molecule has 0 aromatic carbocycles. The molecule has 0 bridgehead atoms. The molecule has 0 saturated heterocycles. The molecule has 0 unspecified atom stereocenters. The van der Waals surface area contributed by atoms with Crippen molar-refractivity contribution in [1.82, 2.24) is 9.88 Å². The minimum Gasteiger partial charge on any atom is -0.480 e. The molecule has 1 heterocycles. The second-order valence-corrected chi connectivity index (χ2v) is 4.61. The summed E-state index contributed by atoms with van der Waals surface area (Å²) in [5, 5.41) is 11.8. The van der Waals surface area contributed by atoms with E-state index in [0.29, 0.717) is 18.5 Å².